The standard InChI is InChI=1S/C25H26Cl3NO4/c1-30-22-7-4-16(11-23(22)31-2)8-9-29-14-17-10-21(28)25(24(12-17)32-3)33-15-18-5-6-19(26)13-20(18)27/h4-7,10-13,29H,8-9,14-15H2,1-3H3. The van der Waals surface area contributed by atoms with Crippen LogP contribution >= 0.6 is 34.8 Å². The van der Waals surface area contributed by atoms with Gasteiger partial charge >= 0.3 is 0 Å². The molecule has 0 fully saturated rings. The summed E-state index contributed by atoms with van der Waals surface area (Å²) in [5.41, 5.74) is 2.95. The molecule has 0 amide bonds. The Labute approximate surface area is 209 Å². The summed E-state index contributed by atoms with van der Waals surface area (Å²) in [6.07, 6.45) is 0.842. The van der Waals surface area contributed by atoms with E-state index in [1.807, 2.05) is 36.4 Å². The summed E-state index contributed by atoms with van der Waals surface area (Å²) in [6, 6.07) is 15.0. The molecule has 3 aromatic carbocycles. The van der Waals surface area contributed by atoms with Gasteiger partial charge in [-0.05, 0) is 60.5 Å². The minimum atomic E-state index is 0.245. The van der Waals surface area contributed by atoms with E-state index in [-0.39, 0.29) is 6.61 Å². The molecule has 8 heteroatoms. The van der Waals surface area contributed by atoms with Crippen molar-refractivity contribution in [3.63, 3.8) is 0 Å². The molecule has 0 atom stereocenters. The quantitative estimate of drug-likeness (QED) is 0.295. The average Bonchev–Trinajstić information content (AvgIpc) is 2.81. The second kappa shape index (κ2) is 12.2. The molecule has 0 aliphatic rings. The van der Waals surface area contributed by atoms with Crippen LogP contribution in [0.1, 0.15) is 16.7 Å². The predicted octanol–water partition coefficient (Wildman–Crippen LogP) is 6.58. The third kappa shape index (κ3) is 6.84. The van der Waals surface area contributed by atoms with Gasteiger partial charge in [0.15, 0.2) is 23.0 Å². The molecule has 3 aromatic rings. The normalized spacial score (nSPS) is 10.7. The van der Waals surface area contributed by atoms with Crippen LogP contribution in [0.2, 0.25) is 15.1 Å². The highest BCUT2D eigenvalue weighted by atomic mass is 35.5. The SMILES string of the molecule is COc1ccc(CCNCc2cc(Cl)c(OCc3ccc(Cl)cc3Cl)c(OC)c2)cc1OC. The Kier molecular flexibility index (Phi) is 9.39. The van der Waals surface area contributed by atoms with Crippen molar-refractivity contribution in [3.8, 4) is 23.0 Å². The highest BCUT2D eigenvalue weighted by Gasteiger charge is 2.13. The van der Waals surface area contributed by atoms with Crippen LogP contribution in [0.4, 0.5) is 0 Å². The van der Waals surface area contributed by atoms with Crippen LogP contribution in [0, 0.1) is 0 Å². The predicted molar refractivity (Wildman–Crippen MR) is 134 cm³/mol. The van der Waals surface area contributed by atoms with E-state index < -0.39 is 0 Å². The lowest BCUT2D eigenvalue weighted by Crippen LogP contribution is -2.17. The Balaban J connectivity index is 1.59. The highest BCUT2D eigenvalue weighted by Crippen LogP contribution is 2.37. The summed E-state index contributed by atoms with van der Waals surface area (Å²) in [7, 11) is 4.85. The van der Waals surface area contributed by atoms with Gasteiger partial charge in [0.1, 0.15) is 6.61 Å². The van der Waals surface area contributed by atoms with E-state index in [9.17, 15) is 0 Å². The van der Waals surface area contributed by atoms with Gasteiger partial charge in [-0.15, -0.1) is 0 Å². The first-order valence-electron chi connectivity index (χ1n) is 10.3. The fourth-order valence-electron chi connectivity index (χ4n) is 3.31. The zero-order valence-corrected chi connectivity index (χ0v) is 21.0. The molecule has 3 rings (SSSR count). The first-order valence-corrected chi connectivity index (χ1v) is 11.4. The molecule has 0 aliphatic carbocycles. The second-order valence-corrected chi connectivity index (χ2v) is 8.50. The zero-order chi connectivity index (χ0) is 23.8. The van der Waals surface area contributed by atoms with Gasteiger partial charge in [0.05, 0.1) is 26.4 Å². The minimum Gasteiger partial charge on any atom is -0.493 e. The monoisotopic (exact) mass is 509 g/mol. The van der Waals surface area contributed by atoms with E-state index in [1.54, 1.807) is 33.5 Å². The molecule has 0 saturated heterocycles. The molecule has 0 aliphatic heterocycles. The van der Waals surface area contributed by atoms with Crippen molar-refractivity contribution in [2.75, 3.05) is 27.9 Å². The van der Waals surface area contributed by atoms with Gasteiger partial charge in [-0.1, -0.05) is 46.9 Å². The maximum Gasteiger partial charge on any atom is 0.180 e. The lowest BCUT2D eigenvalue weighted by atomic mass is 10.1. The van der Waals surface area contributed by atoms with E-state index in [0.717, 1.165) is 41.2 Å². The summed E-state index contributed by atoms with van der Waals surface area (Å²) >= 11 is 18.7. The molecule has 0 spiro atoms. The lowest BCUT2D eigenvalue weighted by Gasteiger charge is -2.15. The lowest BCUT2D eigenvalue weighted by molar-refractivity contribution is 0.284. The summed E-state index contributed by atoms with van der Waals surface area (Å²) < 4.78 is 22.1. The van der Waals surface area contributed by atoms with Gasteiger partial charge in [0, 0.05) is 22.2 Å². The van der Waals surface area contributed by atoms with Gasteiger partial charge in [-0.2, -0.15) is 0 Å². The molecule has 33 heavy (non-hydrogen) atoms. The smallest absolute Gasteiger partial charge is 0.180 e. The van der Waals surface area contributed by atoms with Crippen molar-refractivity contribution < 1.29 is 18.9 Å². The molecule has 5 nitrogen and oxygen atoms in total. The van der Waals surface area contributed by atoms with Crippen LogP contribution in [0.15, 0.2) is 48.5 Å². The third-order valence-corrected chi connectivity index (χ3v) is 5.91. The van der Waals surface area contributed by atoms with E-state index in [4.69, 9.17) is 53.8 Å². The van der Waals surface area contributed by atoms with Crippen molar-refractivity contribution >= 4 is 34.8 Å². The van der Waals surface area contributed by atoms with Gasteiger partial charge in [0.25, 0.3) is 0 Å². The molecule has 0 heterocycles. The van der Waals surface area contributed by atoms with Gasteiger partial charge in [0.2, 0.25) is 0 Å². The van der Waals surface area contributed by atoms with E-state index in [2.05, 4.69) is 5.32 Å². The Bertz CT molecular complexity index is 1090. The zero-order valence-electron chi connectivity index (χ0n) is 18.7. The van der Waals surface area contributed by atoms with E-state index in [0.29, 0.717) is 33.1 Å². The Hall–Kier alpha value is -2.31. The minimum absolute atomic E-state index is 0.245. The summed E-state index contributed by atoms with van der Waals surface area (Å²) in [4.78, 5) is 0. The van der Waals surface area contributed by atoms with Crippen molar-refractivity contribution in [2.45, 2.75) is 19.6 Å². The molecular formula is C25H26Cl3NO4. The van der Waals surface area contributed by atoms with Crippen molar-refractivity contribution in [1.29, 1.82) is 0 Å². The van der Waals surface area contributed by atoms with E-state index >= 15 is 0 Å². The Morgan fingerprint density at radius 1 is 0.727 bits per heavy atom. The van der Waals surface area contributed by atoms with Crippen LogP contribution in [0.25, 0.3) is 0 Å². The topological polar surface area (TPSA) is 49.0 Å². The molecule has 0 unspecified atom stereocenters. The number of nitrogens with one attached hydrogen (secondary N) is 1. The van der Waals surface area contributed by atoms with Crippen LogP contribution in [-0.2, 0) is 19.6 Å². The molecule has 0 aromatic heterocycles. The van der Waals surface area contributed by atoms with Gasteiger partial charge in [-0.3, -0.25) is 0 Å². The summed E-state index contributed by atoms with van der Waals surface area (Å²) in [6.45, 7) is 1.66. The van der Waals surface area contributed by atoms with Crippen LogP contribution in [0.5, 0.6) is 23.0 Å². The maximum atomic E-state index is 6.50. The van der Waals surface area contributed by atoms with Gasteiger partial charge < -0.3 is 24.3 Å². The maximum absolute atomic E-state index is 6.50. The Morgan fingerprint density at radius 3 is 2.15 bits per heavy atom. The number of rotatable bonds is 11. The van der Waals surface area contributed by atoms with Crippen molar-refractivity contribution in [2.24, 2.45) is 0 Å². The highest BCUT2D eigenvalue weighted by molar-refractivity contribution is 6.35. The first-order chi connectivity index (χ1) is 15.9. The number of hydrogen-bond donors (Lipinski definition) is 1. The van der Waals surface area contributed by atoms with Crippen molar-refractivity contribution in [1.82, 2.24) is 5.32 Å². The first kappa shape index (κ1) is 25.3. The molecule has 0 bridgehead atoms. The summed E-state index contributed by atoms with van der Waals surface area (Å²) in [5.74, 6) is 2.47. The molecular weight excluding hydrogens is 485 g/mol. The third-order valence-electron chi connectivity index (χ3n) is 5.04. The Morgan fingerprint density at radius 2 is 1.45 bits per heavy atom. The average molecular weight is 511 g/mol. The molecule has 0 saturated carbocycles. The number of ether oxygens (including phenoxy) is 4. The number of benzene rings is 3. The molecule has 1 N–H and O–H groups in total. The molecule has 176 valence electrons. The largest absolute Gasteiger partial charge is 0.493 e. The number of methoxy groups -OCH3 is 3. The van der Waals surface area contributed by atoms with Crippen LogP contribution in [-0.4, -0.2) is 27.9 Å². The van der Waals surface area contributed by atoms with Crippen molar-refractivity contribution in [3.05, 3.63) is 80.3 Å². The second-order valence-electron chi connectivity index (χ2n) is 7.25. The fourth-order valence-corrected chi connectivity index (χ4v) is 4.06. The van der Waals surface area contributed by atoms with Crippen LogP contribution in [0.3, 0.4) is 0 Å². The van der Waals surface area contributed by atoms with E-state index in [1.165, 1.54) is 0 Å². The number of hydrogen-bond acceptors (Lipinski definition) is 5. The number of halogens is 3. The fraction of sp³-hybridized carbons (Fsp3) is 0.280. The van der Waals surface area contributed by atoms with Crippen LogP contribution < -0.4 is 24.3 Å². The summed E-state index contributed by atoms with van der Waals surface area (Å²) in [5, 5.41) is 5.00. The van der Waals surface area contributed by atoms with Gasteiger partial charge in [-0.25, -0.2) is 0 Å². The molecule has 0 radical (unpaired) electrons.